The van der Waals surface area contributed by atoms with E-state index in [4.69, 9.17) is 18.1 Å². The quantitative estimate of drug-likeness (QED) is 0.178. The van der Waals surface area contributed by atoms with Gasteiger partial charge in [-0.3, -0.25) is 0 Å². The van der Waals surface area contributed by atoms with Crippen molar-refractivity contribution in [2.24, 2.45) is 0 Å². The van der Waals surface area contributed by atoms with Gasteiger partial charge in [0.1, 0.15) is 7.85 Å². The number of nitrogens with zero attached hydrogens (tertiary/aromatic N) is 2. The van der Waals surface area contributed by atoms with E-state index in [1.54, 1.807) is 39.0 Å². The van der Waals surface area contributed by atoms with Crippen LogP contribution in [-0.2, 0) is 0 Å². The van der Waals surface area contributed by atoms with Crippen LogP contribution in [0.5, 0.6) is 0 Å². The maximum absolute atomic E-state index is 9.10. The summed E-state index contributed by atoms with van der Waals surface area (Å²) in [5.41, 5.74) is 8.25. The molecule has 54 heavy (non-hydrogen) atoms. The van der Waals surface area contributed by atoms with Gasteiger partial charge in [-0.2, -0.15) is 0 Å². The summed E-state index contributed by atoms with van der Waals surface area (Å²) >= 11 is 1.77. The number of fused-ring (bicyclic) bond motifs is 9. The van der Waals surface area contributed by atoms with Gasteiger partial charge >= 0.3 is 0 Å². The Balaban J connectivity index is 0.000000436. The molecule has 0 unspecified atom stereocenters. The molecule has 3 aromatic heterocycles. The average molecular weight is 719 g/mol. The molecule has 0 aliphatic heterocycles. The number of aliphatic hydroxyl groups is 2. The molecule has 10 aromatic rings. The lowest BCUT2D eigenvalue weighted by Gasteiger charge is -2.31. The minimum atomic E-state index is -1.01. The average Bonchev–Trinajstić information content (AvgIpc) is 3.82. The third-order valence-corrected chi connectivity index (χ3v) is 12.2. The van der Waals surface area contributed by atoms with Crippen LogP contribution in [0.15, 0.2) is 152 Å². The van der Waals surface area contributed by atoms with Gasteiger partial charge < -0.3 is 19.3 Å². The molecule has 0 amide bonds. The van der Waals surface area contributed by atoms with Crippen LogP contribution in [0, 0.1) is 0 Å². The topological polar surface area (TPSA) is 50.3 Å². The number of para-hydroxylation sites is 3. The van der Waals surface area contributed by atoms with Crippen LogP contribution in [0.25, 0.3) is 86.3 Å². The molecule has 0 saturated carbocycles. The molecule has 0 saturated heterocycles. The summed E-state index contributed by atoms with van der Waals surface area (Å²) in [5.74, 6) is 0. The van der Waals surface area contributed by atoms with Crippen LogP contribution in [0.1, 0.15) is 27.7 Å². The zero-order valence-corrected chi connectivity index (χ0v) is 31.5. The van der Waals surface area contributed by atoms with Crippen molar-refractivity contribution in [3.8, 4) is 22.5 Å². The lowest BCUT2D eigenvalue weighted by Crippen LogP contribution is -2.44. The van der Waals surface area contributed by atoms with E-state index in [0.29, 0.717) is 0 Å². The Hall–Kier alpha value is -5.66. The first kappa shape index (κ1) is 34.1. The molecule has 0 fully saturated rings. The van der Waals surface area contributed by atoms with Gasteiger partial charge in [-0.1, -0.05) is 96.5 Å². The van der Waals surface area contributed by atoms with Crippen molar-refractivity contribution >= 4 is 88.4 Å². The summed E-state index contributed by atoms with van der Waals surface area (Å²) in [5, 5.41) is 25.7. The first-order valence-corrected chi connectivity index (χ1v) is 19.1. The van der Waals surface area contributed by atoms with Gasteiger partial charge in [0.25, 0.3) is 0 Å². The van der Waals surface area contributed by atoms with Gasteiger partial charge in [0, 0.05) is 53.1 Å². The van der Waals surface area contributed by atoms with E-state index in [9.17, 15) is 0 Å². The van der Waals surface area contributed by atoms with Gasteiger partial charge in [0.05, 0.1) is 33.3 Å². The summed E-state index contributed by atoms with van der Waals surface area (Å²) in [6.07, 6.45) is 0. The summed E-state index contributed by atoms with van der Waals surface area (Å²) in [4.78, 5) is 0. The highest BCUT2D eigenvalue weighted by atomic mass is 32.1. The Bertz CT molecular complexity index is 3020. The molecule has 2 N–H and O–H groups in total. The highest BCUT2D eigenvalue weighted by Crippen LogP contribution is 2.42. The van der Waals surface area contributed by atoms with Gasteiger partial charge in [-0.05, 0) is 99.5 Å². The van der Waals surface area contributed by atoms with Gasteiger partial charge in [-0.25, -0.2) is 0 Å². The lowest BCUT2D eigenvalue weighted by atomic mass is 9.90. The second-order valence-corrected chi connectivity index (χ2v) is 16.2. The van der Waals surface area contributed by atoms with Crippen LogP contribution in [0.4, 0.5) is 0 Å². The Morgan fingerprint density at radius 2 is 1.06 bits per heavy atom. The molecule has 10 rings (SSSR count). The Morgan fingerprint density at radius 3 is 1.78 bits per heavy atom. The van der Waals surface area contributed by atoms with E-state index < -0.39 is 11.2 Å². The van der Waals surface area contributed by atoms with Crippen LogP contribution in [-0.4, -0.2) is 38.4 Å². The second-order valence-electron chi connectivity index (χ2n) is 15.1. The number of aromatic nitrogens is 2. The molecule has 0 bridgehead atoms. The van der Waals surface area contributed by atoms with Crippen LogP contribution in [0.2, 0.25) is 0 Å². The molecular weight excluding hydrogens is 679 g/mol. The molecule has 0 aliphatic rings. The molecule has 0 spiro atoms. The molecule has 6 heteroatoms. The van der Waals surface area contributed by atoms with Crippen LogP contribution < -0.4 is 5.46 Å². The number of rotatable bonds is 4. The van der Waals surface area contributed by atoms with Crippen molar-refractivity contribution in [1.29, 1.82) is 0 Å². The molecular formula is C48H39BN2O2S. The van der Waals surface area contributed by atoms with E-state index in [-0.39, 0.29) is 0 Å². The highest BCUT2D eigenvalue weighted by Gasteiger charge is 2.32. The Labute approximate surface area is 319 Å². The molecule has 262 valence electrons. The molecule has 3 heterocycles. The maximum Gasteiger partial charge on any atom is 0.115 e. The molecule has 0 aliphatic carbocycles. The predicted molar refractivity (Wildman–Crippen MR) is 231 cm³/mol. The normalized spacial score (nSPS) is 12.3. The zero-order valence-electron chi connectivity index (χ0n) is 30.7. The number of hydrogen-bond acceptors (Lipinski definition) is 3. The minimum absolute atomic E-state index is 0.817. The monoisotopic (exact) mass is 718 g/mol. The summed E-state index contributed by atoms with van der Waals surface area (Å²) in [6, 6.07) is 54.8. The third-order valence-electron chi connectivity index (χ3n) is 10.9. The third kappa shape index (κ3) is 5.52. The van der Waals surface area contributed by atoms with Crippen molar-refractivity contribution in [3.63, 3.8) is 0 Å². The molecule has 7 aromatic carbocycles. The lowest BCUT2D eigenvalue weighted by molar-refractivity contribution is -0.107. The standard InChI is InChI=1S/C42H25BN2S.C6H14O2/c43-35-25-28(24-34-31-14-6-9-20-40(31)46-42(34)35)45-36-17-7-4-13-30(36)33-23-26(21-22-38(33)45)29-16-10-19-39-41(29)32-15-5-8-18-37(32)44(39)27-11-2-1-3-12-27;1-5(2,7)6(3,4)8/h1-25H;7-8H,1-4H3. The highest BCUT2D eigenvalue weighted by molar-refractivity contribution is 7.26. The first-order chi connectivity index (χ1) is 26.0. The summed E-state index contributed by atoms with van der Waals surface area (Å²) in [7, 11) is 6.75. The smallest absolute Gasteiger partial charge is 0.115 e. The first-order valence-electron chi connectivity index (χ1n) is 18.3. The van der Waals surface area contributed by atoms with Gasteiger partial charge in [0.15, 0.2) is 0 Å². The van der Waals surface area contributed by atoms with Crippen molar-refractivity contribution in [1.82, 2.24) is 9.13 Å². The van der Waals surface area contributed by atoms with Crippen molar-refractivity contribution in [2.45, 2.75) is 38.9 Å². The van der Waals surface area contributed by atoms with Gasteiger partial charge in [0.2, 0.25) is 0 Å². The van der Waals surface area contributed by atoms with E-state index >= 15 is 0 Å². The van der Waals surface area contributed by atoms with E-state index in [1.165, 1.54) is 75.9 Å². The summed E-state index contributed by atoms with van der Waals surface area (Å²) in [6.45, 7) is 6.31. The van der Waals surface area contributed by atoms with Crippen LogP contribution in [0.3, 0.4) is 0 Å². The Morgan fingerprint density at radius 1 is 0.481 bits per heavy atom. The summed E-state index contributed by atoms with van der Waals surface area (Å²) < 4.78 is 7.16. The molecule has 0 atom stereocenters. The molecule has 2 radical (unpaired) electrons. The predicted octanol–water partition coefficient (Wildman–Crippen LogP) is 11.2. The molecule has 4 nitrogen and oxygen atoms in total. The van der Waals surface area contributed by atoms with Crippen molar-refractivity contribution in [3.05, 3.63) is 152 Å². The fourth-order valence-electron chi connectivity index (χ4n) is 7.50. The van der Waals surface area contributed by atoms with Crippen LogP contribution >= 0.6 is 11.3 Å². The Kier molecular flexibility index (Phi) is 8.05. The van der Waals surface area contributed by atoms with Crippen molar-refractivity contribution < 1.29 is 10.2 Å². The van der Waals surface area contributed by atoms with Crippen molar-refractivity contribution in [2.75, 3.05) is 0 Å². The van der Waals surface area contributed by atoms with Gasteiger partial charge in [-0.15, -0.1) is 11.3 Å². The fourth-order valence-corrected chi connectivity index (χ4v) is 8.61. The second kappa shape index (κ2) is 12.7. The number of thiophene rings is 1. The van der Waals surface area contributed by atoms with E-state index in [1.807, 2.05) is 0 Å². The fraction of sp³-hybridized carbons (Fsp3) is 0.125. The van der Waals surface area contributed by atoms with E-state index in [0.717, 1.165) is 15.9 Å². The zero-order chi connectivity index (χ0) is 37.4. The SMILES string of the molecule is CC(C)(O)C(C)(C)O.[B]c1cc(-n2c3ccccc3c3cc(-c4cccc5c4c4ccccc4n5-c4ccccc4)ccc32)cc2c1sc1ccccc12. The largest absolute Gasteiger partial charge is 0.387 e. The van der Waals surface area contributed by atoms with E-state index in [2.05, 4.69) is 161 Å². The number of hydrogen-bond donors (Lipinski definition) is 2. The maximum atomic E-state index is 9.10. The number of benzene rings is 7. The minimum Gasteiger partial charge on any atom is -0.387 e.